The number of nitrogens with two attached hydrogens (primary N) is 1. The number of rotatable bonds is 5. The molecule has 2 N–H and O–H groups in total. The lowest BCUT2D eigenvalue weighted by Crippen LogP contribution is -2.51. The molecule has 0 saturated carbocycles. The van der Waals surface area contributed by atoms with Crippen molar-refractivity contribution in [3.05, 3.63) is 47.5 Å². The van der Waals surface area contributed by atoms with Gasteiger partial charge >= 0.3 is 0 Å². The molecular formula is C27H34N4O3S. The number of hydrogen-bond donors (Lipinski definition) is 1. The van der Waals surface area contributed by atoms with Gasteiger partial charge in [-0.25, -0.2) is 0 Å². The van der Waals surface area contributed by atoms with Gasteiger partial charge in [0.2, 0.25) is 0 Å². The highest BCUT2D eigenvalue weighted by Crippen LogP contribution is 2.35. The van der Waals surface area contributed by atoms with Gasteiger partial charge in [0, 0.05) is 24.2 Å². The predicted octanol–water partition coefficient (Wildman–Crippen LogP) is 4.79. The van der Waals surface area contributed by atoms with Gasteiger partial charge in [0.25, 0.3) is 0 Å². The molecule has 2 aliphatic heterocycles. The van der Waals surface area contributed by atoms with Crippen LogP contribution in [0.1, 0.15) is 38.8 Å². The summed E-state index contributed by atoms with van der Waals surface area (Å²) in [5.41, 5.74) is 11.7. The number of nitrogens with zero attached hydrogens (tertiary/aromatic N) is 3. The van der Waals surface area contributed by atoms with E-state index in [2.05, 4.69) is 33.3 Å². The van der Waals surface area contributed by atoms with E-state index in [0.717, 1.165) is 60.3 Å². The summed E-state index contributed by atoms with van der Waals surface area (Å²) in [6.45, 7) is 11.4. The molecule has 8 heteroatoms. The summed E-state index contributed by atoms with van der Waals surface area (Å²) >= 11 is 1.58. The van der Waals surface area contributed by atoms with E-state index in [1.165, 1.54) is 11.1 Å². The third-order valence-electron chi connectivity index (χ3n) is 6.60. The zero-order valence-corrected chi connectivity index (χ0v) is 21.7. The molecule has 1 fully saturated rings. The number of nitrogen functional groups attached to an aromatic ring is 1. The van der Waals surface area contributed by atoms with E-state index in [-0.39, 0.29) is 6.10 Å². The van der Waals surface area contributed by atoms with Gasteiger partial charge in [-0.3, -0.25) is 4.90 Å². The molecule has 0 atom stereocenters. The van der Waals surface area contributed by atoms with Crippen molar-refractivity contribution in [3.8, 4) is 26.9 Å². The lowest BCUT2D eigenvalue weighted by Gasteiger charge is -2.39. The van der Waals surface area contributed by atoms with E-state index in [4.69, 9.17) is 19.9 Å². The molecule has 0 bridgehead atoms. The average molecular weight is 495 g/mol. The van der Waals surface area contributed by atoms with Crippen LogP contribution in [0.4, 0.5) is 5.69 Å². The molecule has 0 radical (unpaired) electrons. The monoisotopic (exact) mass is 494 g/mol. The molecule has 3 heterocycles. The average Bonchev–Trinajstić information content (AvgIpc) is 3.22. The van der Waals surface area contributed by atoms with Crippen molar-refractivity contribution in [2.24, 2.45) is 0 Å². The molecule has 0 aliphatic carbocycles. The Labute approximate surface area is 211 Å². The molecule has 0 spiro atoms. The Morgan fingerprint density at radius 2 is 1.60 bits per heavy atom. The number of anilines is 1. The molecule has 186 valence electrons. The van der Waals surface area contributed by atoms with Crippen LogP contribution in [0.2, 0.25) is 0 Å². The molecule has 0 unspecified atom stereocenters. The lowest BCUT2D eigenvalue weighted by molar-refractivity contribution is -0.263. The highest BCUT2D eigenvalue weighted by molar-refractivity contribution is 7.17. The van der Waals surface area contributed by atoms with Gasteiger partial charge in [0.1, 0.15) is 15.8 Å². The van der Waals surface area contributed by atoms with E-state index in [1.54, 1.807) is 11.3 Å². The van der Waals surface area contributed by atoms with Crippen LogP contribution in [0.25, 0.3) is 21.1 Å². The molecule has 7 nitrogen and oxygen atoms in total. The molecule has 1 aromatic heterocycles. The molecular weight excluding hydrogens is 460 g/mol. The van der Waals surface area contributed by atoms with Gasteiger partial charge in [-0.1, -0.05) is 23.5 Å². The summed E-state index contributed by atoms with van der Waals surface area (Å²) in [6, 6.07) is 12.8. The van der Waals surface area contributed by atoms with Crippen LogP contribution in [0.5, 0.6) is 5.75 Å². The van der Waals surface area contributed by atoms with Crippen molar-refractivity contribution in [1.29, 1.82) is 0 Å². The Morgan fingerprint density at radius 1 is 0.971 bits per heavy atom. The van der Waals surface area contributed by atoms with Crippen LogP contribution in [0, 0.1) is 0 Å². The zero-order valence-electron chi connectivity index (χ0n) is 20.9. The molecule has 1 saturated heterocycles. The fourth-order valence-electron chi connectivity index (χ4n) is 4.63. The van der Waals surface area contributed by atoms with Crippen molar-refractivity contribution in [2.75, 3.05) is 32.0 Å². The predicted molar refractivity (Wildman–Crippen MR) is 140 cm³/mol. The van der Waals surface area contributed by atoms with Crippen LogP contribution in [0.3, 0.4) is 0 Å². The SMILES string of the molecule is CC(C)Oc1ccc(-c2nnc(-c3ccc4c(c3)CCN(C3COC(C)(C)OC3)CC4)s2)cc1N. The third kappa shape index (κ3) is 5.51. The number of benzene rings is 2. The summed E-state index contributed by atoms with van der Waals surface area (Å²) in [5, 5.41) is 10.7. The lowest BCUT2D eigenvalue weighted by atomic mass is 10.0. The van der Waals surface area contributed by atoms with Crippen LogP contribution >= 0.6 is 11.3 Å². The minimum atomic E-state index is -0.476. The molecule has 5 rings (SSSR count). The highest BCUT2D eigenvalue weighted by Gasteiger charge is 2.32. The van der Waals surface area contributed by atoms with Crippen LogP contribution in [-0.2, 0) is 22.3 Å². The Hall–Kier alpha value is -2.52. The minimum absolute atomic E-state index is 0.0769. The summed E-state index contributed by atoms with van der Waals surface area (Å²) in [4.78, 5) is 2.51. The van der Waals surface area contributed by atoms with E-state index >= 15 is 0 Å². The number of ether oxygens (including phenoxy) is 3. The third-order valence-corrected chi connectivity index (χ3v) is 7.62. The Morgan fingerprint density at radius 3 is 2.26 bits per heavy atom. The summed E-state index contributed by atoms with van der Waals surface area (Å²) < 4.78 is 17.6. The fourth-order valence-corrected chi connectivity index (χ4v) is 5.47. The largest absolute Gasteiger partial charge is 0.489 e. The minimum Gasteiger partial charge on any atom is -0.489 e. The molecule has 2 aromatic carbocycles. The van der Waals surface area contributed by atoms with Crippen molar-refractivity contribution in [3.63, 3.8) is 0 Å². The Bertz CT molecular complexity index is 1180. The van der Waals surface area contributed by atoms with Crippen molar-refractivity contribution in [2.45, 2.75) is 58.5 Å². The normalized spacial score (nSPS) is 18.9. The van der Waals surface area contributed by atoms with E-state index in [0.29, 0.717) is 17.5 Å². The van der Waals surface area contributed by atoms with Crippen molar-refractivity contribution < 1.29 is 14.2 Å². The molecule has 2 aliphatic rings. The first-order chi connectivity index (χ1) is 16.8. The van der Waals surface area contributed by atoms with E-state index in [1.807, 2.05) is 45.9 Å². The van der Waals surface area contributed by atoms with Gasteiger partial charge in [-0.2, -0.15) is 0 Å². The first-order valence-electron chi connectivity index (χ1n) is 12.3. The quantitative estimate of drug-likeness (QED) is 0.511. The maximum absolute atomic E-state index is 6.21. The first-order valence-corrected chi connectivity index (χ1v) is 13.1. The summed E-state index contributed by atoms with van der Waals surface area (Å²) in [6.07, 6.45) is 2.11. The van der Waals surface area contributed by atoms with Crippen LogP contribution in [-0.4, -0.2) is 59.3 Å². The Balaban J connectivity index is 1.29. The fraction of sp³-hybridized carbons (Fsp3) is 0.481. The van der Waals surface area contributed by atoms with Crippen molar-refractivity contribution >= 4 is 17.0 Å². The first kappa shape index (κ1) is 24.2. The van der Waals surface area contributed by atoms with Gasteiger partial charge in [0.15, 0.2) is 5.79 Å². The maximum Gasteiger partial charge on any atom is 0.162 e. The summed E-state index contributed by atoms with van der Waals surface area (Å²) in [7, 11) is 0. The van der Waals surface area contributed by atoms with Crippen LogP contribution < -0.4 is 10.5 Å². The summed E-state index contributed by atoms with van der Waals surface area (Å²) in [5.74, 6) is 0.222. The number of aromatic nitrogens is 2. The van der Waals surface area contributed by atoms with Gasteiger partial charge in [-0.15, -0.1) is 10.2 Å². The molecule has 0 amide bonds. The smallest absolute Gasteiger partial charge is 0.162 e. The number of hydrogen-bond acceptors (Lipinski definition) is 8. The maximum atomic E-state index is 6.21. The standard InChI is InChI=1S/C27H34N4O3S/c1-17(2)34-24-8-7-21(14-23(24)28)26-30-29-25(35-26)20-6-5-18-9-11-31(12-10-19(18)13-20)22-15-32-27(3,4)33-16-22/h5-8,13-14,17,22H,9-12,15-16,28H2,1-4H3. The molecule has 3 aromatic rings. The topological polar surface area (TPSA) is 82.7 Å². The van der Waals surface area contributed by atoms with Gasteiger partial charge in [-0.05, 0) is 75.9 Å². The van der Waals surface area contributed by atoms with Gasteiger partial charge < -0.3 is 19.9 Å². The second kappa shape index (κ2) is 9.85. The Kier molecular flexibility index (Phi) is 6.81. The van der Waals surface area contributed by atoms with E-state index < -0.39 is 5.79 Å². The van der Waals surface area contributed by atoms with E-state index in [9.17, 15) is 0 Å². The zero-order chi connectivity index (χ0) is 24.6. The molecule has 35 heavy (non-hydrogen) atoms. The van der Waals surface area contributed by atoms with Crippen LogP contribution in [0.15, 0.2) is 36.4 Å². The number of fused-ring (bicyclic) bond motifs is 1. The second-order valence-corrected chi connectivity index (χ2v) is 11.0. The van der Waals surface area contributed by atoms with Crippen molar-refractivity contribution in [1.82, 2.24) is 15.1 Å². The highest BCUT2D eigenvalue weighted by atomic mass is 32.1. The second-order valence-electron chi connectivity index (χ2n) is 10.0. The van der Waals surface area contributed by atoms with Gasteiger partial charge in [0.05, 0.1) is 31.0 Å².